The van der Waals surface area contributed by atoms with Gasteiger partial charge in [0.25, 0.3) is 0 Å². The van der Waals surface area contributed by atoms with Crippen LogP contribution in [0.5, 0.6) is 0 Å². The van der Waals surface area contributed by atoms with Crippen LogP contribution in [0.2, 0.25) is 0 Å². The van der Waals surface area contributed by atoms with Gasteiger partial charge in [-0.05, 0) is 30.5 Å². The molecule has 0 spiro atoms. The Morgan fingerprint density at radius 2 is 1.81 bits per heavy atom. The molecule has 0 bridgehead atoms. The summed E-state index contributed by atoms with van der Waals surface area (Å²) in [6.07, 6.45) is 6.55. The Kier molecular flexibility index (Phi) is 7.65. The van der Waals surface area contributed by atoms with Crippen LogP contribution in [0.25, 0.3) is 11.3 Å². The van der Waals surface area contributed by atoms with Gasteiger partial charge in [0.2, 0.25) is 11.6 Å². The van der Waals surface area contributed by atoms with E-state index >= 15 is 0 Å². The number of pyridine rings is 1. The van der Waals surface area contributed by atoms with Crippen molar-refractivity contribution < 1.29 is 14.7 Å². The molecule has 0 aliphatic heterocycles. The second-order valence-electron chi connectivity index (χ2n) is 7.53. The molecule has 1 aromatic carbocycles. The molecule has 0 aliphatic carbocycles. The van der Waals surface area contributed by atoms with Crippen LogP contribution in [0.1, 0.15) is 78.3 Å². The molecule has 0 saturated heterocycles. The number of aromatic carboxylic acids is 1. The average Bonchev–Trinajstić information content (AvgIpc) is 3.17. The summed E-state index contributed by atoms with van der Waals surface area (Å²) in [5, 5.41) is 13.9. The first kappa shape index (κ1) is 22.3. The summed E-state index contributed by atoms with van der Waals surface area (Å²) in [4.78, 5) is 32.5. The Morgan fingerprint density at radius 1 is 1.03 bits per heavy atom. The minimum absolute atomic E-state index is 0.0234. The number of Topliss-reactive ketones (excluding diaryl/α,β-unsaturated/α-hetero) is 1. The number of unbranched alkanes of at least 4 members (excludes halogenated alkanes) is 2. The number of carbonyl (C=O) groups excluding carboxylic acids is 1. The van der Waals surface area contributed by atoms with E-state index < -0.39 is 5.97 Å². The molecule has 0 fully saturated rings. The number of carboxylic acids is 1. The molecule has 2 heterocycles. The van der Waals surface area contributed by atoms with Gasteiger partial charge in [0.1, 0.15) is 5.82 Å². The largest absolute Gasteiger partial charge is 0.478 e. The van der Waals surface area contributed by atoms with Crippen molar-refractivity contribution in [2.45, 2.75) is 58.9 Å². The topological polar surface area (TPSA) is 98.0 Å². The molecule has 0 atom stereocenters. The molecule has 2 aromatic heterocycles. The van der Waals surface area contributed by atoms with Crippen LogP contribution < -0.4 is 0 Å². The standard InChI is InChI=1S/C24H28N4O3/c1-3-5-6-15-28-21(26-23(27-28)20(29)8-4-2)16-17-10-12-18(13-11-17)22-19(24(30)31)9-7-14-25-22/h7,9-14H,3-6,8,15-16H2,1-2H3,(H,30,31). The van der Waals surface area contributed by atoms with Crippen LogP contribution in [-0.4, -0.2) is 36.6 Å². The number of rotatable bonds is 11. The molecule has 3 aromatic rings. The quantitative estimate of drug-likeness (QED) is 0.353. The zero-order chi connectivity index (χ0) is 22.2. The number of aryl methyl sites for hydroxylation is 1. The summed E-state index contributed by atoms with van der Waals surface area (Å²) in [6.45, 7) is 4.86. The van der Waals surface area contributed by atoms with Gasteiger partial charge in [0.15, 0.2) is 0 Å². The monoisotopic (exact) mass is 420 g/mol. The van der Waals surface area contributed by atoms with Gasteiger partial charge >= 0.3 is 5.97 Å². The van der Waals surface area contributed by atoms with E-state index in [0.717, 1.165) is 49.2 Å². The van der Waals surface area contributed by atoms with E-state index in [-0.39, 0.29) is 11.3 Å². The van der Waals surface area contributed by atoms with Gasteiger partial charge in [-0.1, -0.05) is 51.0 Å². The molecule has 7 heteroatoms. The lowest BCUT2D eigenvalue weighted by molar-refractivity contribution is 0.0697. The number of benzene rings is 1. The molecule has 0 unspecified atom stereocenters. The second-order valence-corrected chi connectivity index (χ2v) is 7.53. The molecule has 0 amide bonds. The molecule has 31 heavy (non-hydrogen) atoms. The Morgan fingerprint density at radius 3 is 2.48 bits per heavy atom. The van der Waals surface area contributed by atoms with Crippen LogP contribution >= 0.6 is 0 Å². The maximum Gasteiger partial charge on any atom is 0.337 e. The lowest BCUT2D eigenvalue weighted by Crippen LogP contribution is -2.07. The summed E-state index contributed by atoms with van der Waals surface area (Å²) >= 11 is 0. The van der Waals surface area contributed by atoms with Gasteiger partial charge in [-0.3, -0.25) is 9.78 Å². The molecular formula is C24H28N4O3. The smallest absolute Gasteiger partial charge is 0.337 e. The van der Waals surface area contributed by atoms with Crippen molar-refractivity contribution in [2.75, 3.05) is 0 Å². The fourth-order valence-corrected chi connectivity index (χ4v) is 3.42. The van der Waals surface area contributed by atoms with E-state index in [2.05, 4.69) is 22.0 Å². The Labute approximate surface area is 182 Å². The van der Waals surface area contributed by atoms with Gasteiger partial charge in [0, 0.05) is 31.1 Å². The zero-order valence-corrected chi connectivity index (χ0v) is 18.0. The van der Waals surface area contributed by atoms with Crippen molar-refractivity contribution in [1.82, 2.24) is 19.7 Å². The van der Waals surface area contributed by atoms with Crippen molar-refractivity contribution in [2.24, 2.45) is 0 Å². The average molecular weight is 421 g/mol. The predicted octanol–water partition coefficient (Wildman–Crippen LogP) is 4.80. The Bertz CT molecular complexity index is 1040. The number of hydrogen-bond acceptors (Lipinski definition) is 5. The molecule has 1 N–H and O–H groups in total. The van der Waals surface area contributed by atoms with Gasteiger partial charge < -0.3 is 5.11 Å². The van der Waals surface area contributed by atoms with E-state index in [1.165, 1.54) is 0 Å². The zero-order valence-electron chi connectivity index (χ0n) is 18.0. The summed E-state index contributed by atoms with van der Waals surface area (Å²) in [6, 6.07) is 10.8. The highest BCUT2D eigenvalue weighted by Crippen LogP contribution is 2.22. The summed E-state index contributed by atoms with van der Waals surface area (Å²) in [5.74, 6) is 0.0400. The van der Waals surface area contributed by atoms with Crippen molar-refractivity contribution in [3.63, 3.8) is 0 Å². The predicted molar refractivity (Wildman–Crippen MR) is 118 cm³/mol. The molecule has 7 nitrogen and oxygen atoms in total. The van der Waals surface area contributed by atoms with E-state index in [9.17, 15) is 14.7 Å². The van der Waals surface area contributed by atoms with Crippen molar-refractivity contribution in [3.8, 4) is 11.3 Å². The van der Waals surface area contributed by atoms with Crippen molar-refractivity contribution in [1.29, 1.82) is 0 Å². The highest BCUT2D eigenvalue weighted by atomic mass is 16.4. The number of hydrogen-bond donors (Lipinski definition) is 1. The third kappa shape index (κ3) is 5.63. The fraction of sp³-hybridized carbons (Fsp3) is 0.375. The molecule has 162 valence electrons. The van der Waals surface area contributed by atoms with Crippen LogP contribution in [0.3, 0.4) is 0 Å². The molecular weight excluding hydrogens is 392 g/mol. The molecule has 0 aliphatic rings. The summed E-state index contributed by atoms with van der Waals surface area (Å²) in [7, 11) is 0. The summed E-state index contributed by atoms with van der Waals surface area (Å²) < 4.78 is 1.85. The number of carbonyl (C=O) groups is 2. The van der Waals surface area contributed by atoms with Crippen LogP contribution in [0.15, 0.2) is 42.6 Å². The number of ketones is 1. The third-order valence-electron chi connectivity index (χ3n) is 5.08. The van der Waals surface area contributed by atoms with E-state index in [1.807, 2.05) is 35.9 Å². The first-order valence-electron chi connectivity index (χ1n) is 10.8. The van der Waals surface area contributed by atoms with Gasteiger partial charge in [-0.15, -0.1) is 5.10 Å². The van der Waals surface area contributed by atoms with E-state index in [0.29, 0.717) is 24.4 Å². The number of carboxylic acid groups (broad SMARTS) is 1. The lowest BCUT2D eigenvalue weighted by atomic mass is 10.0. The maximum atomic E-state index is 12.3. The highest BCUT2D eigenvalue weighted by Gasteiger charge is 2.17. The maximum absolute atomic E-state index is 12.3. The minimum atomic E-state index is -1.00. The van der Waals surface area contributed by atoms with Crippen molar-refractivity contribution >= 4 is 11.8 Å². The first-order valence-corrected chi connectivity index (χ1v) is 10.8. The highest BCUT2D eigenvalue weighted by molar-refractivity contribution is 5.94. The van der Waals surface area contributed by atoms with E-state index in [1.54, 1.807) is 18.3 Å². The number of aromatic nitrogens is 4. The van der Waals surface area contributed by atoms with Crippen LogP contribution in [-0.2, 0) is 13.0 Å². The fourth-order valence-electron chi connectivity index (χ4n) is 3.42. The third-order valence-corrected chi connectivity index (χ3v) is 5.08. The van der Waals surface area contributed by atoms with Crippen molar-refractivity contribution in [3.05, 3.63) is 65.4 Å². The SMILES string of the molecule is CCCCCn1nc(C(=O)CCC)nc1Cc1ccc(-c2ncccc2C(=O)O)cc1. The molecule has 0 radical (unpaired) electrons. The first-order chi connectivity index (χ1) is 15.0. The van der Waals surface area contributed by atoms with Gasteiger partial charge in [-0.2, -0.15) is 0 Å². The van der Waals surface area contributed by atoms with Crippen LogP contribution in [0, 0.1) is 0 Å². The van der Waals surface area contributed by atoms with E-state index in [4.69, 9.17) is 0 Å². The van der Waals surface area contributed by atoms with Crippen LogP contribution in [0.4, 0.5) is 0 Å². The minimum Gasteiger partial charge on any atom is -0.478 e. The number of nitrogens with zero attached hydrogens (tertiary/aromatic N) is 4. The van der Waals surface area contributed by atoms with Gasteiger partial charge in [0.05, 0.1) is 11.3 Å². The lowest BCUT2D eigenvalue weighted by Gasteiger charge is -2.08. The van der Waals surface area contributed by atoms with Gasteiger partial charge in [-0.25, -0.2) is 14.5 Å². The summed E-state index contributed by atoms with van der Waals surface area (Å²) in [5.41, 5.74) is 2.36. The molecule has 0 saturated carbocycles. The normalized spacial score (nSPS) is 10.9. The Balaban J connectivity index is 1.83. The molecule has 3 rings (SSSR count). The Hall–Kier alpha value is -3.35. The second kappa shape index (κ2) is 10.6.